The Morgan fingerprint density at radius 2 is 2.25 bits per heavy atom. The summed E-state index contributed by atoms with van der Waals surface area (Å²) in [5.74, 6) is 0.614. The molecule has 0 radical (unpaired) electrons. The molecule has 0 heterocycles. The van der Waals surface area contributed by atoms with E-state index in [0.717, 1.165) is 12.1 Å². The van der Waals surface area contributed by atoms with E-state index >= 15 is 0 Å². The molecule has 1 rings (SSSR count). The van der Waals surface area contributed by atoms with Gasteiger partial charge in [-0.05, 0) is 31.2 Å². The number of likely N-dealkylation sites (N-methyl/N-ethyl adjacent to an activating group) is 1. The summed E-state index contributed by atoms with van der Waals surface area (Å²) >= 11 is 6.00. The highest BCUT2D eigenvalue weighted by Crippen LogP contribution is 2.25. The second-order valence-corrected chi connectivity index (χ2v) is 4.11. The number of rotatable bonds is 6. The number of hydrogen-bond donors (Lipinski definition) is 2. The van der Waals surface area contributed by atoms with Gasteiger partial charge < -0.3 is 15.2 Å². The molecule has 1 unspecified atom stereocenters. The van der Waals surface area contributed by atoms with Crippen LogP contribution in [0.15, 0.2) is 18.2 Å². The Kier molecular flexibility index (Phi) is 5.60. The molecule has 2 N–H and O–H groups in total. The van der Waals surface area contributed by atoms with Gasteiger partial charge in [-0.2, -0.15) is 0 Å². The molecule has 1 aromatic carbocycles. The second kappa shape index (κ2) is 6.74. The third-order valence-electron chi connectivity index (χ3n) is 2.15. The van der Waals surface area contributed by atoms with E-state index in [9.17, 15) is 5.11 Å². The average Bonchev–Trinajstić information content (AvgIpc) is 2.25. The lowest BCUT2D eigenvalue weighted by Crippen LogP contribution is -2.31. The first-order chi connectivity index (χ1) is 7.63. The van der Waals surface area contributed by atoms with Gasteiger partial charge in [0.25, 0.3) is 0 Å². The first-order valence-corrected chi connectivity index (χ1v) is 5.79. The van der Waals surface area contributed by atoms with Gasteiger partial charge in [0, 0.05) is 6.54 Å². The summed E-state index contributed by atoms with van der Waals surface area (Å²) < 4.78 is 5.43. The number of halogens is 1. The van der Waals surface area contributed by atoms with E-state index in [1.54, 1.807) is 0 Å². The van der Waals surface area contributed by atoms with E-state index in [1.807, 2.05) is 32.0 Å². The van der Waals surface area contributed by atoms with Gasteiger partial charge in [-0.1, -0.05) is 24.6 Å². The van der Waals surface area contributed by atoms with Crippen LogP contribution in [0.2, 0.25) is 5.02 Å². The smallest absolute Gasteiger partial charge is 0.138 e. The van der Waals surface area contributed by atoms with Crippen molar-refractivity contribution in [3.8, 4) is 5.75 Å². The molecule has 0 saturated heterocycles. The van der Waals surface area contributed by atoms with E-state index < -0.39 is 6.10 Å². The Labute approximate surface area is 101 Å². The molecular weight excluding hydrogens is 226 g/mol. The molecule has 0 bridgehead atoms. The van der Waals surface area contributed by atoms with Crippen molar-refractivity contribution in [2.75, 3.05) is 19.7 Å². The van der Waals surface area contributed by atoms with Crippen molar-refractivity contribution in [3.63, 3.8) is 0 Å². The Morgan fingerprint density at radius 3 is 2.88 bits per heavy atom. The molecule has 0 fully saturated rings. The Balaban J connectivity index is 2.42. The number of aliphatic hydroxyl groups is 1. The molecule has 0 aliphatic carbocycles. The minimum absolute atomic E-state index is 0.246. The van der Waals surface area contributed by atoms with Crippen LogP contribution in [-0.4, -0.2) is 30.9 Å². The van der Waals surface area contributed by atoms with Crippen LogP contribution >= 0.6 is 11.6 Å². The fraction of sp³-hybridized carbons (Fsp3) is 0.500. The molecule has 4 heteroatoms. The van der Waals surface area contributed by atoms with Crippen LogP contribution in [0.1, 0.15) is 12.5 Å². The largest absolute Gasteiger partial charge is 0.489 e. The Bertz CT molecular complexity index is 331. The minimum atomic E-state index is -0.516. The van der Waals surface area contributed by atoms with Gasteiger partial charge >= 0.3 is 0 Å². The van der Waals surface area contributed by atoms with Crippen LogP contribution in [0.25, 0.3) is 0 Å². The quantitative estimate of drug-likeness (QED) is 0.803. The maximum Gasteiger partial charge on any atom is 0.138 e. The van der Waals surface area contributed by atoms with Crippen LogP contribution in [0, 0.1) is 6.92 Å². The molecule has 0 aliphatic rings. The maximum atomic E-state index is 9.56. The fourth-order valence-electron chi connectivity index (χ4n) is 1.28. The van der Waals surface area contributed by atoms with Gasteiger partial charge in [-0.25, -0.2) is 0 Å². The monoisotopic (exact) mass is 243 g/mol. The number of ether oxygens (including phenoxy) is 1. The molecule has 16 heavy (non-hydrogen) atoms. The highest BCUT2D eigenvalue weighted by Gasteiger charge is 2.06. The van der Waals surface area contributed by atoms with Crippen molar-refractivity contribution >= 4 is 11.6 Å². The third-order valence-corrected chi connectivity index (χ3v) is 2.44. The average molecular weight is 244 g/mol. The van der Waals surface area contributed by atoms with E-state index in [0.29, 0.717) is 17.3 Å². The predicted molar refractivity (Wildman–Crippen MR) is 66.2 cm³/mol. The van der Waals surface area contributed by atoms with Gasteiger partial charge in [-0.3, -0.25) is 0 Å². The van der Waals surface area contributed by atoms with Crippen molar-refractivity contribution in [2.45, 2.75) is 20.0 Å². The zero-order valence-electron chi connectivity index (χ0n) is 9.66. The molecule has 1 atom stereocenters. The van der Waals surface area contributed by atoms with Gasteiger partial charge in [0.2, 0.25) is 0 Å². The van der Waals surface area contributed by atoms with E-state index in [1.165, 1.54) is 0 Å². The van der Waals surface area contributed by atoms with Crippen molar-refractivity contribution in [3.05, 3.63) is 28.8 Å². The summed E-state index contributed by atoms with van der Waals surface area (Å²) in [6.07, 6.45) is -0.516. The highest BCUT2D eigenvalue weighted by molar-refractivity contribution is 6.32. The lowest BCUT2D eigenvalue weighted by molar-refractivity contribution is 0.107. The first kappa shape index (κ1) is 13.3. The molecule has 0 spiro atoms. The standard InChI is InChI=1S/C12H18ClNO2/c1-3-14-7-10(15)8-16-12-5-4-9(2)6-11(12)13/h4-6,10,14-15H,3,7-8H2,1-2H3. The van der Waals surface area contributed by atoms with Gasteiger partial charge in [-0.15, -0.1) is 0 Å². The van der Waals surface area contributed by atoms with Crippen LogP contribution in [-0.2, 0) is 0 Å². The minimum Gasteiger partial charge on any atom is -0.489 e. The summed E-state index contributed by atoms with van der Waals surface area (Å²) in [5, 5.41) is 13.2. The van der Waals surface area contributed by atoms with E-state index in [2.05, 4.69) is 5.32 Å². The van der Waals surface area contributed by atoms with Gasteiger partial charge in [0.05, 0.1) is 5.02 Å². The van der Waals surface area contributed by atoms with Crippen molar-refractivity contribution in [1.29, 1.82) is 0 Å². The molecule has 3 nitrogen and oxygen atoms in total. The van der Waals surface area contributed by atoms with E-state index in [4.69, 9.17) is 16.3 Å². The molecule has 0 saturated carbocycles. The third kappa shape index (κ3) is 4.39. The molecule has 1 aromatic rings. The summed E-state index contributed by atoms with van der Waals surface area (Å²) in [6.45, 7) is 5.57. The maximum absolute atomic E-state index is 9.56. The zero-order chi connectivity index (χ0) is 12.0. The number of aliphatic hydroxyl groups excluding tert-OH is 1. The highest BCUT2D eigenvalue weighted by atomic mass is 35.5. The molecular formula is C12H18ClNO2. The summed E-state index contributed by atoms with van der Waals surface area (Å²) in [7, 11) is 0. The first-order valence-electron chi connectivity index (χ1n) is 5.41. The van der Waals surface area contributed by atoms with Crippen LogP contribution < -0.4 is 10.1 Å². The van der Waals surface area contributed by atoms with Crippen LogP contribution in [0.5, 0.6) is 5.75 Å². The lowest BCUT2D eigenvalue weighted by atomic mass is 10.2. The van der Waals surface area contributed by atoms with E-state index in [-0.39, 0.29) is 6.61 Å². The Hall–Kier alpha value is -0.770. The number of aryl methyl sites for hydroxylation is 1. The van der Waals surface area contributed by atoms with Crippen molar-refractivity contribution in [2.24, 2.45) is 0 Å². The normalized spacial score (nSPS) is 12.5. The number of hydrogen-bond acceptors (Lipinski definition) is 3. The van der Waals surface area contributed by atoms with Crippen molar-refractivity contribution < 1.29 is 9.84 Å². The second-order valence-electron chi connectivity index (χ2n) is 3.71. The zero-order valence-corrected chi connectivity index (χ0v) is 10.4. The topological polar surface area (TPSA) is 41.5 Å². The lowest BCUT2D eigenvalue weighted by Gasteiger charge is -2.13. The van der Waals surface area contributed by atoms with Gasteiger partial charge in [0.15, 0.2) is 0 Å². The summed E-state index contributed by atoms with van der Waals surface area (Å²) in [4.78, 5) is 0. The molecule has 0 amide bonds. The Morgan fingerprint density at radius 1 is 1.50 bits per heavy atom. The van der Waals surface area contributed by atoms with Crippen molar-refractivity contribution in [1.82, 2.24) is 5.32 Å². The molecule has 0 aromatic heterocycles. The van der Waals surface area contributed by atoms with Gasteiger partial charge in [0.1, 0.15) is 18.5 Å². The van der Waals surface area contributed by atoms with Crippen LogP contribution in [0.4, 0.5) is 0 Å². The predicted octanol–water partition coefficient (Wildman–Crippen LogP) is 2.00. The number of nitrogens with one attached hydrogen (secondary N) is 1. The fourth-order valence-corrected chi connectivity index (χ4v) is 1.57. The summed E-state index contributed by atoms with van der Waals surface area (Å²) in [5.41, 5.74) is 1.09. The van der Waals surface area contributed by atoms with Crippen LogP contribution in [0.3, 0.4) is 0 Å². The summed E-state index contributed by atoms with van der Waals surface area (Å²) in [6, 6.07) is 5.59. The SMILES string of the molecule is CCNCC(O)COc1ccc(C)cc1Cl. The molecule has 90 valence electrons. The molecule has 0 aliphatic heterocycles. The number of benzene rings is 1.